The molecule has 262 valence electrons. The molecule has 11 nitrogen and oxygen atoms in total. The van der Waals surface area contributed by atoms with Gasteiger partial charge in [-0.15, -0.1) is 33.8 Å². The van der Waals surface area contributed by atoms with E-state index in [0.717, 1.165) is 36.6 Å². The molecule has 6 rings (SSSR count). The average molecular weight is 757 g/mol. The Morgan fingerprint density at radius 2 is 1.88 bits per heavy atom. The highest BCUT2D eigenvalue weighted by molar-refractivity contribution is 8.93. The Balaban J connectivity index is 0.00000468. The molecule has 3 saturated carbocycles. The topological polar surface area (TPSA) is 150 Å². The minimum absolute atomic E-state index is 0. The number of hydrogen-bond donors (Lipinski definition) is 1. The summed E-state index contributed by atoms with van der Waals surface area (Å²) in [6.45, 7) is 13.0. The van der Waals surface area contributed by atoms with Gasteiger partial charge in [-0.2, -0.15) is 0 Å². The van der Waals surface area contributed by atoms with E-state index in [9.17, 15) is 24.8 Å². The summed E-state index contributed by atoms with van der Waals surface area (Å²) in [6.07, 6.45) is 7.60. The predicted molar refractivity (Wildman–Crippen MR) is 188 cm³/mol. The van der Waals surface area contributed by atoms with Crippen molar-refractivity contribution in [2.24, 2.45) is 34.0 Å². The number of nitro groups is 1. The lowest BCUT2D eigenvalue weighted by Gasteiger charge is -2.61. The number of Topliss-reactive ketones (excluding diaryl/α,β-unsaturated/α-hetero) is 1. The van der Waals surface area contributed by atoms with Crippen LogP contribution in [0.5, 0.6) is 0 Å². The summed E-state index contributed by atoms with van der Waals surface area (Å²) in [5.74, 6) is -0.198. The molecule has 2 aromatic heterocycles. The molecule has 0 saturated heterocycles. The predicted octanol–water partition coefficient (Wildman–Crippen LogP) is 6.56. The van der Waals surface area contributed by atoms with Crippen LogP contribution in [0.2, 0.25) is 0 Å². The van der Waals surface area contributed by atoms with Crippen LogP contribution in [0.25, 0.3) is 11.5 Å². The molecule has 3 aliphatic carbocycles. The smallest absolute Gasteiger partial charge is 0.316 e. The zero-order valence-corrected chi connectivity index (χ0v) is 30.8. The molecule has 0 radical (unpaired) electrons. The fourth-order valence-corrected chi connectivity index (χ4v) is 9.38. The van der Waals surface area contributed by atoms with Gasteiger partial charge in [0.2, 0.25) is 5.89 Å². The number of hydrogen-bond acceptors (Lipinski definition) is 10. The van der Waals surface area contributed by atoms with Crippen LogP contribution in [0, 0.1) is 44.1 Å². The van der Waals surface area contributed by atoms with Crippen LogP contribution in [0.1, 0.15) is 65.4 Å². The van der Waals surface area contributed by atoms with Crippen molar-refractivity contribution in [3.05, 3.63) is 77.1 Å². The van der Waals surface area contributed by atoms with Gasteiger partial charge in [-0.1, -0.05) is 45.5 Å². The molecule has 2 heterocycles. The van der Waals surface area contributed by atoms with Crippen molar-refractivity contribution in [1.29, 1.82) is 0 Å². The standard InChI is InChI=1S/C36H43N4O7S.BrH/c1-6-34(4)19-28(35(5)22(2)11-15-36(23(3)31(34)43)16-12-27(41)30(35)36)46-29(42)21-48-33-38-37-32(47-33)25-13-17-39(18-14-25)20-24-7-9-26(10-8-24)40(44)45;/h6-10,13-14,17-18,22-23,28,30-31,43H,1,11-12,15-16,19-21H2,2-5H3;1H/q+1;/t22-,23+,28-,30+,31+,34-,35+,36+;/m1./s1. The Morgan fingerprint density at radius 3 is 2.53 bits per heavy atom. The van der Waals surface area contributed by atoms with E-state index < -0.39 is 33.9 Å². The maximum absolute atomic E-state index is 13.6. The number of carbonyl (C=O) groups is 2. The third kappa shape index (κ3) is 6.61. The molecule has 3 fully saturated rings. The van der Waals surface area contributed by atoms with Crippen molar-refractivity contribution in [3.8, 4) is 11.5 Å². The Bertz CT molecular complexity index is 1720. The minimum atomic E-state index is -0.719. The van der Waals surface area contributed by atoms with Crippen LogP contribution >= 0.6 is 28.7 Å². The fraction of sp³-hybridized carbons (Fsp3) is 0.528. The van der Waals surface area contributed by atoms with Crippen LogP contribution in [-0.2, 0) is 20.9 Å². The molecule has 0 spiro atoms. The van der Waals surface area contributed by atoms with Crippen molar-refractivity contribution < 1.29 is 33.3 Å². The number of pyridine rings is 1. The first kappa shape index (κ1) is 36.9. The molecule has 1 aromatic carbocycles. The van der Waals surface area contributed by atoms with Gasteiger partial charge >= 0.3 is 5.97 Å². The van der Waals surface area contributed by atoms with Gasteiger partial charge in [0, 0.05) is 53.0 Å². The van der Waals surface area contributed by atoms with Crippen molar-refractivity contribution >= 4 is 46.2 Å². The number of esters is 1. The number of halogens is 1. The van der Waals surface area contributed by atoms with Gasteiger partial charge in [0.05, 0.1) is 16.6 Å². The highest BCUT2D eigenvalue weighted by atomic mass is 79.9. The van der Waals surface area contributed by atoms with E-state index >= 15 is 0 Å². The number of rotatable bonds is 9. The maximum Gasteiger partial charge on any atom is 0.316 e. The molecule has 2 bridgehead atoms. The quantitative estimate of drug-likeness (QED) is 0.0636. The number of aromatic nitrogens is 3. The lowest BCUT2D eigenvalue weighted by molar-refractivity contribution is -0.688. The highest BCUT2D eigenvalue weighted by Gasteiger charge is 2.68. The minimum Gasteiger partial charge on any atom is -0.461 e. The number of thioether (sulfide) groups is 1. The highest BCUT2D eigenvalue weighted by Crippen LogP contribution is 2.68. The monoisotopic (exact) mass is 755 g/mol. The van der Waals surface area contributed by atoms with Gasteiger partial charge in [0.15, 0.2) is 18.9 Å². The van der Waals surface area contributed by atoms with Crippen molar-refractivity contribution in [2.45, 2.75) is 83.8 Å². The van der Waals surface area contributed by atoms with Crippen molar-refractivity contribution in [3.63, 3.8) is 0 Å². The van der Waals surface area contributed by atoms with Crippen LogP contribution in [0.4, 0.5) is 5.69 Å². The SMILES string of the molecule is Br.C=C[C@]1(C)C[C@@H](OC(=O)CSc2nnc(-c3cc[n+](Cc4ccc([N+](=O)[O-])cc4)cc3)o2)[C@]2(C)[C@H](C)CC[C@]3(CCC(=O)[C@H]32)[C@@H](C)[C@@H]1O. The molecule has 49 heavy (non-hydrogen) atoms. The molecule has 3 aliphatic rings. The average Bonchev–Trinajstić information content (AvgIpc) is 3.70. The molecular formula is C36H44BrN4O7S+. The first-order valence-electron chi connectivity index (χ1n) is 16.5. The third-order valence-electron chi connectivity index (χ3n) is 11.9. The molecule has 1 N–H and O–H groups in total. The second kappa shape index (κ2) is 14.1. The van der Waals surface area contributed by atoms with Gasteiger partial charge in [0.25, 0.3) is 10.9 Å². The summed E-state index contributed by atoms with van der Waals surface area (Å²) in [7, 11) is 0. The van der Waals surface area contributed by atoms with Crippen molar-refractivity contribution in [1.82, 2.24) is 10.2 Å². The van der Waals surface area contributed by atoms with Gasteiger partial charge in [-0.3, -0.25) is 19.7 Å². The Hall–Kier alpha value is -3.42. The van der Waals surface area contributed by atoms with E-state index in [1.807, 2.05) is 36.0 Å². The fourth-order valence-electron chi connectivity index (χ4n) is 8.84. The Kier molecular flexibility index (Phi) is 10.6. The van der Waals surface area contributed by atoms with Crippen LogP contribution in [0.3, 0.4) is 0 Å². The van der Waals surface area contributed by atoms with E-state index in [4.69, 9.17) is 9.15 Å². The van der Waals surface area contributed by atoms with E-state index in [1.165, 1.54) is 12.1 Å². The van der Waals surface area contributed by atoms with Crippen LogP contribution < -0.4 is 4.57 Å². The van der Waals surface area contributed by atoms with Gasteiger partial charge < -0.3 is 14.3 Å². The first-order chi connectivity index (χ1) is 22.8. The van der Waals surface area contributed by atoms with Crippen molar-refractivity contribution in [2.75, 3.05) is 5.75 Å². The summed E-state index contributed by atoms with van der Waals surface area (Å²) >= 11 is 1.09. The summed E-state index contributed by atoms with van der Waals surface area (Å²) in [4.78, 5) is 37.6. The molecular weight excluding hydrogens is 712 g/mol. The number of carbonyl (C=O) groups excluding carboxylic acids is 2. The second-order valence-electron chi connectivity index (χ2n) is 14.4. The molecule has 0 amide bonds. The number of non-ortho nitro benzene ring substituents is 1. The molecule has 0 aliphatic heterocycles. The third-order valence-corrected chi connectivity index (χ3v) is 12.7. The zero-order chi connectivity index (χ0) is 34.4. The lowest BCUT2D eigenvalue weighted by atomic mass is 9.44. The number of ether oxygens (including phenoxy) is 1. The number of nitro benzene ring substituents is 1. The van der Waals surface area contributed by atoms with E-state index in [1.54, 1.807) is 18.2 Å². The first-order valence-corrected chi connectivity index (χ1v) is 17.5. The van der Waals surface area contributed by atoms with E-state index in [2.05, 4.69) is 37.5 Å². The molecule has 8 atom stereocenters. The van der Waals surface area contributed by atoms with Gasteiger partial charge in [-0.05, 0) is 55.1 Å². The Morgan fingerprint density at radius 1 is 1.18 bits per heavy atom. The maximum atomic E-state index is 13.6. The lowest BCUT2D eigenvalue weighted by Crippen LogP contribution is -2.63. The van der Waals surface area contributed by atoms with Crippen LogP contribution in [0.15, 0.2) is 71.1 Å². The van der Waals surface area contributed by atoms with Crippen LogP contribution in [-0.4, -0.2) is 49.9 Å². The molecule has 13 heteroatoms. The van der Waals surface area contributed by atoms with Gasteiger partial charge in [0.1, 0.15) is 17.6 Å². The number of nitrogens with zero attached hydrogens (tertiary/aromatic N) is 4. The number of ketones is 1. The van der Waals surface area contributed by atoms with Gasteiger partial charge in [-0.25, -0.2) is 4.57 Å². The normalized spacial score (nSPS) is 32.3. The summed E-state index contributed by atoms with van der Waals surface area (Å²) in [5.41, 5.74) is 0.0616. The zero-order valence-electron chi connectivity index (χ0n) is 28.2. The second-order valence-corrected chi connectivity index (χ2v) is 15.3. The number of aliphatic hydroxyl groups is 1. The van der Waals surface area contributed by atoms with E-state index in [-0.39, 0.29) is 62.6 Å². The summed E-state index contributed by atoms with van der Waals surface area (Å²) in [5, 5.41) is 31.1. The summed E-state index contributed by atoms with van der Waals surface area (Å²) < 4.78 is 14.1. The largest absolute Gasteiger partial charge is 0.461 e. The summed E-state index contributed by atoms with van der Waals surface area (Å²) in [6, 6.07) is 10.1. The molecule has 3 aromatic rings. The Labute approximate surface area is 300 Å². The molecule has 0 unspecified atom stereocenters. The van der Waals surface area contributed by atoms with E-state index in [0.29, 0.717) is 30.8 Å². The number of benzene rings is 1. The number of aliphatic hydroxyl groups excluding tert-OH is 1.